The fourth-order valence-corrected chi connectivity index (χ4v) is 3.02. The summed E-state index contributed by atoms with van der Waals surface area (Å²) in [6.07, 6.45) is 1.10. The third kappa shape index (κ3) is 2.66. The third-order valence-electron chi connectivity index (χ3n) is 2.31. The Morgan fingerprint density at radius 3 is 3.36 bits per heavy atom. The largest absolute Gasteiger partial charge is 0.381 e. The predicted octanol–water partition coefficient (Wildman–Crippen LogP) is 0.994. The van der Waals surface area contributed by atoms with Gasteiger partial charge in [0.05, 0.1) is 6.61 Å². The maximum atomic E-state index is 6.05. The monoisotopic (exact) mass is 231 g/mol. The molecule has 0 saturated carbocycles. The molecule has 0 aliphatic carbocycles. The van der Waals surface area contributed by atoms with E-state index in [0.29, 0.717) is 5.92 Å². The van der Waals surface area contributed by atoms with Crippen LogP contribution in [0, 0.1) is 5.92 Å². The number of nitrogens with two attached hydrogens (primary N) is 1. The molecule has 2 rings (SSSR count). The lowest BCUT2D eigenvalue weighted by atomic mass is 10.0. The molecule has 1 aromatic heterocycles. The van der Waals surface area contributed by atoms with Gasteiger partial charge in [0.25, 0.3) is 0 Å². The first-order valence-corrected chi connectivity index (χ1v) is 6.45. The van der Waals surface area contributed by atoms with Gasteiger partial charge in [0.2, 0.25) is 0 Å². The van der Waals surface area contributed by atoms with Crippen LogP contribution in [0.5, 0.6) is 0 Å². The van der Waals surface area contributed by atoms with Crippen LogP contribution in [0.2, 0.25) is 0 Å². The molecule has 2 N–H and O–H groups in total. The number of nitrogens with zero attached hydrogens (tertiary/aromatic N) is 2. The van der Waals surface area contributed by atoms with E-state index in [9.17, 15) is 0 Å². The van der Waals surface area contributed by atoms with Gasteiger partial charge in [0, 0.05) is 24.3 Å². The van der Waals surface area contributed by atoms with Crippen LogP contribution in [0.3, 0.4) is 0 Å². The smallest absolute Gasteiger partial charge is 0.174 e. The van der Waals surface area contributed by atoms with Crippen LogP contribution in [-0.4, -0.2) is 35.2 Å². The second-order valence-electron chi connectivity index (χ2n) is 3.30. The Morgan fingerprint density at radius 2 is 2.71 bits per heavy atom. The fraction of sp³-hybridized carbons (Fsp3) is 0.750. The summed E-state index contributed by atoms with van der Waals surface area (Å²) in [6.45, 7) is 1.68. The first-order valence-electron chi connectivity index (χ1n) is 4.58. The summed E-state index contributed by atoms with van der Waals surface area (Å²) in [4.78, 5) is 0. The highest BCUT2D eigenvalue weighted by molar-refractivity contribution is 8.01. The molecular weight excluding hydrogens is 218 g/mol. The highest BCUT2D eigenvalue weighted by Gasteiger charge is 2.22. The minimum atomic E-state index is 0.214. The highest BCUT2D eigenvalue weighted by atomic mass is 32.2. The summed E-state index contributed by atoms with van der Waals surface area (Å²) in [5.74, 6) is 1.43. The molecule has 0 radical (unpaired) electrons. The van der Waals surface area contributed by atoms with E-state index in [2.05, 4.69) is 10.2 Å². The Morgan fingerprint density at radius 1 is 1.79 bits per heavy atom. The van der Waals surface area contributed by atoms with Gasteiger partial charge in [-0.3, -0.25) is 0 Å². The van der Waals surface area contributed by atoms with Crippen molar-refractivity contribution in [3.8, 4) is 0 Å². The molecule has 0 aromatic carbocycles. The zero-order chi connectivity index (χ0) is 9.80. The van der Waals surface area contributed by atoms with Crippen molar-refractivity contribution in [2.24, 2.45) is 11.7 Å². The molecule has 0 bridgehead atoms. The van der Waals surface area contributed by atoms with E-state index in [4.69, 9.17) is 10.5 Å². The van der Waals surface area contributed by atoms with Crippen LogP contribution in [0.15, 0.2) is 9.85 Å². The fourth-order valence-electron chi connectivity index (χ4n) is 1.42. The quantitative estimate of drug-likeness (QED) is 0.783. The molecule has 1 saturated heterocycles. The predicted molar refractivity (Wildman–Crippen MR) is 57.5 cm³/mol. The Hall–Kier alpha value is -0.170. The van der Waals surface area contributed by atoms with Gasteiger partial charge in [-0.2, -0.15) is 0 Å². The number of aromatic nitrogens is 2. The average molecular weight is 231 g/mol. The summed E-state index contributed by atoms with van der Waals surface area (Å²) < 4.78 is 6.30. The number of ether oxygens (including phenoxy) is 1. The van der Waals surface area contributed by atoms with Crippen molar-refractivity contribution in [3.63, 3.8) is 0 Å². The van der Waals surface area contributed by atoms with Crippen molar-refractivity contribution >= 4 is 23.1 Å². The summed E-state index contributed by atoms with van der Waals surface area (Å²) >= 11 is 3.25. The van der Waals surface area contributed by atoms with Gasteiger partial charge in [-0.05, 0) is 6.42 Å². The third-order valence-corrected chi connectivity index (χ3v) is 4.32. The number of hydrogen-bond acceptors (Lipinski definition) is 6. The van der Waals surface area contributed by atoms with E-state index < -0.39 is 0 Å². The lowest BCUT2D eigenvalue weighted by Gasteiger charge is -2.15. The van der Waals surface area contributed by atoms with Crippen molar-refractivity contribution < 1.29 is 4.74 Å². The molecule has 14 heavy (non-hydrogen) atoms. The standard InChI is InChI=1S/C8H13N3OS2/c9-7(6-1-2-12-3-6)4-13-8-11-10-5-14-8/h5-7H,1-4,9H2. The topological polar surface area (TPSA) is 61.0 Å². The van der Waals surface area contributed by atoms with E-state index in [1.807, 2.05) is 0 Å². The summed E-state index contributed by atoms with van der Waals surface area (Å²) in [6, 6.07) is 0.214. The molecule has 0 spiro atoms. The van der Waals surface area contributed by atoms with Gasteiger partial charge < -0.3 is 10.5 Å². The molecule has 78 valence electrons. The van der Waals surface area contributed by atoms with Crippen molar-refractivity contribution in [3.05, 3.63) is 5.51 Å². The average Bonchev–Trinajstić information content (AvgIpc) is 2.87. The summed E-state index contributed by atoms with van der Waals surface area (Å²) in [7, 11) is 0. The number of rotatable bonds is 4. The van der Waals surface area contributed by atoms with E-state index >= 15 is 0 Å². The molecule has 1 fully saturated rings. The normalized spacial score (nSPS) is 23.9. The first kappa shape index (κ1) is 10.4. The van der Waals surface area contributed by atoms with E-state index in [1.54, 1.807) is 28.6 Å². The van der Waals surface area contributed by atoms with E-state index in [0.717, 1.165) is 29.7 Å². The van der Waals surface area contributed by atoms with Crippen LogP contribution >= 0.6 is 23.1 Å². The molecule has 1 aliphatic rings. The van der Waals surface area contributed by atoms with Crippen molar-refractivity contribution in [1.29, 1.82) is 0 Å². The SMILES string of the molecule is NC(CSc1nncs1)C1CCOC1. The van der Waals surface area contributed by atoms with Crippen LogP contribution in [0.1, 0.15) is 6.42 Å². The van der Waals surface area contributed by atoms with Gasteiger partial charge in [0.15, 0.2) is 4.34 Å². The molecule has 2 atom stereocenters. The molecule has 4 nitrogen and oxygen atoms in total. The van der Waals surface area contributed by atoms with Crippen molar-refractivity contribution in [1.82, 2.24) is 10.2 Å². The van der Waals surface area contributed by atoms with Gasteiger partial charge in [-0.1, -0.05) is 23.1 Å². The maximum absolute atomic E-state index is 6.05. The highest BCUT2D eigenvalue weighted by Crippen LogP contribution is 2.23. The number of thioether (sulfide) groups is 1. The van der Waals surface area contributed by atoms with Crippen LogP contribution in [0.25, 0.3) is 0 Å². The van der Waals surface area contributed by atoms with Gasteiger partial charge in [0.1, 0.15) is 5.51 Å². The second-order valence-corrected chi connectivity index (χ2v) is 5.40. The minimum absolute atomic E-state index is 0.214. The lowest BCUT2D eigenvalue weighted by molar-refractivity contribution is 0.182. The molecule has 1 aliphatic heterocycles. The second kappa shape index (κ2) is 5.06. The van der Waals surface area contributed by atoms with Gasteiger partial charge in [-0.15, -0.1) is 10.2 Å². The minimum Gasteiger partial charge on any atom is -0.381 e. The zero-order valence-corrected chi connectivity index (χ0v) is 9.39. The lowest BCUT2D eigenvalue weighted by Crippen LogP contribution is -2.32. The van der Waals surface area contributed by atoms with Gasteiger partial charge >= 0.3 is 0 Å². The molecule has 2 heterocycles. The molecule has 1 aromatic rings. The Labute approximate surface area is 91.2 Å². The van der Waals surface area contributed by atoms with Gasteiger partial charge in [-0.25, -0.2) is 0 Å². The molecule has 0 amide bonds. The molecular formula is C8H13N3OS2. The van der Waals surface area contributed by atoms with E-state index in [1.165, 1.54) is 0 Å². The maximum Gasteiger partial charge on any atom is 0.174 e. The Balaban J connectivity index is 1.74. The van der Waals surface area contributed by atoms with Crippen molar-refractivity contribution in [2.75, 3.05) is 19.0 Å². The Kier molecular flexibility index (Phi) is 3.74. The van der Waals surface area contributed by atoms with Crippen molar-refractivity contribution in [2.45, 2.75) is 16.8 Å². The first-order chi connectivity index (χ1) is 6.86. The zero-order valence-electron chi connectivity index (χ0n) is 7.76. The van der Waals surface area contributed by atoms with E-state index in [-0.39, 0.29) is 6.04 Å². The summed E-state index contributed by atoms with van der Waals surface area (Å²) in [5, 5.41) is 7.74. The van der Waals surface area contributed by atoms with Crippen LogP contribution in [-0.2, 0) is 4.74 Å². The summed E-state index contributed by atoms with van der Waals surface area (Å²) in [5.41, 5.74) is 7.79. The Bertz CT molecular complexity index is 262. The molecule has 6 heteroatoms. The van der Waals surface area contributed by atoms with Crippen LogP contribution in [0.4, 0.5) is 0 Å². The molecule has 2 unspecified atom stereocenters. The van der Waals surface area contributed by atoms with Crippen LogP contribution < -0.4 is 5.73 Å². The number of hydrogen-bond donors (Lipinski definition) is 1.